The van der Waals surface area contributed by atoms with E-state index in [0.29, 0.717) is 13.0 Å². The molecule has 3 N–H and O–H groups in total. The van der Waals surface area contributed by atoms with E-state index < -0.39 is 0 Å². The van der Waals surface area contributed by atoms with Crippen LogP contribution in [0, 0.1) is 0 Å². The molecule has 0 aromatic rings. The normalized spacial score (nSPS) is 9.69. The molecule has 4 nitrogen and oxygen atoms in total. The number of carbonyl (C=O) groups is 1. The zero-order valence-electron chi connectivity index (χ0n) is 7.83. The largest absolute Gasteiger partial charge is 0.296 e. The van der Waals surface area contributed by atoms with Crippen molar-refractivity contribution in [3.63, 3.8) is 0 Å². The molecule has 0 saturated carbocycles. The summed E-state index contributed by atoms with van der Waals surface area (Å²) in [6, 6.07) is 0. The predicted octanol–water partition coefficient (Wildman–Crippen LogP) is 0.0404. The van der Waals surface area contributed by atoms with Gasteiger partial charge in [0.05, 0.1) is 0 Å². The number of hydrogen-bond acceptors (Lipinski definition) is 3. The minimum absolute atomic E-state index is 0.155. The Hall–Kier alpha value is -1.13. The number of rotatable bonds is 7. The summed E-state index contributed by atoms with van der Waals surface area (Å²) in [6.45, 7) is 9.43. The van der Waals surface area contributed by atoms with Gasteiger partial charge in [0, 0.05) is 26.1 Å². The van der Waals surface area contributed by atoms with Crippen LogP contribution in [-0.2, 0) is 4.79 Å². The van der Waals surface area contributed by atoms with E-state index in [4.69, 9.17) is 5.84 Å². The van der Waals surface area contributed by atoms with Crippen LogP contribution < -0.4 is 11.3 Å². The van der Waals surface area contributed by atoms with Crippen molar-refractivity contribution in [2.75, 3.05) is 19.6 Å². The lowest BCUT2D eigenvalue weighted by atomic mass is 10.3. The van der Waals surface area contributed by atoms with Crippen LogP contribution >= 0.6 is 0 Å². The first-order chi connectivity index (χ1) is 6.24. The first-order valence-electron chi connectivity index (χ1n) is 4.18. The Labute approximate surface area is 79.1 Å². The van der Waals surface area contributed by atoms with Gasteiger partial charge in [0.15, 0.2) is 0 Å². The molecule has 74 valence electrons. The lowest BCUT2D eigenvalue weighted by Crippen LogP contribution is -2.34. The fourth-order valence-electron chi connectivity index (χ4n) is 0.954. The van der Waals surface area contributed by atoms with Crippen LogP contribution in [0.2, 0.25) is 0 Å². The first-order valence-corrected chi connectivity index (χ1v) is 4.18. The van der Waals surface area contributed by atoms with E-state index in [1.807, 2.05) is 0 Å². The molecule has 0 radical (unpaired) electrons. The van der Waals surface area contributed by atoms with Gasteiger partial charge in [-0.15, -0.1) is 13.2 Å². The van der Waals surface area contributed by atoms with Crippen molar-refractivity contribution in [1.82, 2.24) is 10.3 Å². The van der Waals surface area contributed by atoms with E-state index in [1.54, 1.807) is 12.2 Å². The van der Waals surface area contributed by atoms with Gasteiger partial charge in [-0.2, -0.15) is 0 Å². The van der Waals surface area contributed by atoms with Crippen LogP contribution in [0.25, 0.3) is 0 Å². The third-order valence-corrected chi connectivity index (χ3v) is 1.59. The van der Waals surface area contributed by atoms with E-state index in [2.05, 4.69) is 23.5 Å². The third kappa shape index (κ3) is 6.07. The van der Waals surface area contributed by atoms with Crippen LogP contribution in [0.3, 0.4) is 0 Å². The van der Waals surface area contributed by atoms with Crippen molar-refractivity contribution in [3.05, 3.63) is 25.3 Å². The number of nitrogens with zero attached hydrogens (tertiary/aromatic N) is 1. The zero-order valence-corrected chi connectivity index (χ0v) is 7.83. The van der Waals surface area contributed by atoms with E-state index >= 15 is 0 Å². The second kappa shape index (κ2) is 7.52. The van der Waals surface area contributed by atoms with Gasteiger partial charge in [-0.25, -0.2) is 5.84 Å². The van der Waals surface area contributed by atoms with Gasteiger partial charge in [0.2, 0.25) is 5.91 Å². The van der Waals surface area contributed by atoms with Gasteiger partial charge >= 0.3 is 0 Å². The molecule has 4 heteroatoms. The lowest BCUT2D eigenvalue weighted by Gasteiger charge is -2.17. The van der Waals surface area contributed by atoms with E-state index in [0.717, 1.165) is 13.1 Å². The summed E-state index contributed by atoms with van der Waals surface area (Å²) in [5.41, 5.74) is 2.09. The molecule has 13 heavy (non-hydrogen) atoms. The molecule has 0 aliphatic heterocycles. The standard InChI is InChI=1S/C9H17N3O/c1-3-6-12(7-4-2)8-5-9(13)11-10/h3-4H,1-2,5-8,10H2,(H,11,13). The van der Waals surface area contributed by atoms with Crippen molar-refractivity contribution < 1.29 is 4.79 Å². The molecule has 0 aliphatic carbocycles. The number of amides is 1. The third-order valence-electron chi connectivity index (χ3n) is 1.59. The Morgan fingerprint density at radius 1 is 1.38 bits per heavy atom. The lowest BCUT2D eigenvalue weighted by molar-refractivity contribution is -0.121. The maximum absolute atomic E-state index is 10.8. The molecule has 0 saturated heterocycles. The molecule has 0 aromatic carbocycles. The molecule has 0 bridgehead atoms. The Kier molecular flexibility index (Phi) is 6.86. The summed E-state index contributed by atoms with van der Waals surface area (Å²) in [5, 5.41) is 0. The highest BCUT2D eigenvalue weighted by atomic mass is 16.2. The van der Waals surface area contributed by atoms with Gasteiger partial charge in [-0.1, -0.05) is 12.2 Å². The smallest absolute Gasteiger partial charge is 0.235 e. The van der Waals surface area contributed by atoms with Crippen molar-refractivity contribution in [2.45, 2.75) is 6.42 Å². The van der Waals surface area contributed by atoms with Crippen molar-refractivity contribution in [1.29, 1.82) is 0 Å². The fourth-order valence-corrected chi connectivity index (χ4v) is 0.954. The highest BCUT2D eigenvalue weighted by Gasteiger charge is 2.03. The number of nitrogens with two attached hydrogens (primary N) is 1. The van der Waals surface area contributed by atoms with Crippen molar-refractivity contribution in [2.24, 2.45) is 5.84 Å². The van der Waals surface area contributed by atoms with Crippen molar-refractivity contribution >= 4 is 5.91 Å². The molecule has 0 atom stereocenters. The van der Waals surface area contributed by atoms with Gasteiger partial charge in [0.25, 0.3) is 0 Å². The SMILES string of the molecule is C=CCN(CC=C)CCC(=O)NN. The number of hydrazine groups is 1. The Morgan fingerprint density at radius 2 is 1.92 bits per heavy atom. The Balaban J connectivity index is 3.73. The van der Waals surface area contributed by atoms with E-state index in [-0.39, 0.29) is 5.91 Å². The summed E-state index contributed by atoms with van der Waals surface area (Å²) < 4.78 is 0. The minimum atomic E-state index is -0.155. The van der Waals surface area contributed by atoms with Crippen LogP contribution in [0.4, 0.5) is 0 Å². The molecule has 0 heterocycles. The molecule has 0 spiro atoms. The van der Waals surface area contributed by atoms with Gasteiger partial charge in [-0.3, -0.25) is 15.1 Å². The highest BCUT2D eigenvalue weighted by Crippen LogP contribution is 1.92. The maximum Gasteiger partial charge on any atom is 0.235 e. The second-order valence-corrected chi connectivity index (χ2v) is 2.65. The molecule has 0 unspecified atom stereocenters. The quantitative estimate of drug-likeness (QED) is 0.253. The van der Waals surface area contributed by atoms with Gasteiger partial charge in [-0.05, 0) is 0 Å². The molecular formula is C9H17N3O. The average molecular weight is 183 g/mol. The summed E-state index contributed by atoms with van der Waals surface area (Å²) in [7, 11) is 0. The predicted molar refractivity (Wildman–Crippen MR) is 53.8 cm³/mol. The number of nitrogens with one attached hydrogen (secondary N) is 1. The van der Waals surface area contributed by atoms with Crippen LogP contribution in [0.5, 0.6) is 0 Å². The van der Waals surface area contributed by atoms with Crippen LogP contribution in [0.1, 0.15) is 6.42 Å². The molecule has 0 aliphatic rings. The number of hydrogen-bond donors (Lipinski definition) is 2. The molecule has 1 amide bonds. The van der Waals surface area contributed by atoms with Gasteiger partial charge < -0.3 is 0 Å². The summed E-state index contributed by atoms with van der Waals surface area (Å²) in [6.07, 6.45) is 3.99. The highest BCUT2D eigenvalue weighted by molar-refractivity contribution is 5.75. The number of carbonyl (C=O) groups excluding carboxylic acids is 1. The fraction of sp³-hybridized carbons (Fsp3) is 0.444. The van der Waals surface area contributed by atoms with Crippen LogP contribution in [-0.4, -0.2) is 30.4 Å². The maximum atomic E-state index is 10.8. The van der Waals surface area contributed by atoms with E-state index in [1.165, 1.54) is 0 Å². The zero-order chi connectivity index (χ0) is 10.1. The molecular weight excluding hydrogens is 166 g/mol. The average Bonchev–Trinajstić information content (AvgIpc) is 2.14. The second-order valence-electron chi connectivity index (χ2n) is 2.65. The summed E-state index contributed by atoms with van der Waals surface area (Å²) in [4.78, 5) is 12.9. The minimum Gasteiger partial charge on any atom is -0.296 e. The topological polar surface area (TPSA) is 58.4 Å². The van der Waals surface area contributed by atoms with Crippen LogP contribution in [0.15, 0.2) is 25.3 Å². The molecule has 0 fully saturated rings. The monoisotopic (exact) mass is 183 g/mol. The summed E-state index contributed by atoms with van der Waals surface area (Å²) in [5.74, 6) is 4.79. The molecule has 0 rings (SSSR count). The summed E-state index contributed by atoms with van der Waals surface area (Å²) >= 11 is 0. The molecule has 0 aromatic heterocycles. The van der Waals surface area contributed by atoms with E-state index in [9.17, 15) is 4.79 Å². The Bertz CT molecular complexity index is 170. The van der Waals surface area contributed by atoms with Crippen molar-refractivity contribution in [3.8, 4) is 0 Å². The first kappa shape index (κ1) is 11.9. The van der Waals surface area contributed by atoms with Gasteiger partial charge in [0.1, 0.15) is 0 Å². The Morgan fingerprint density at radius 3 is 2.31 bits per heavy atom.